The van der Waals surface area contributed by atoms with Gasteiger partial charge in [-0.1, -0.05) is 17.7 Å². The van der Waals surface area contributed by atoms with E-state index in [9.17, 15) is 9.59 Å². The summed E-state index contributed by atoms with van der Waals surface area (Å²) in [5, 5.41) is 12.2. The maximum absolute atomic E-state index is 12.1. The van der Waals surface area contributed by atoms with Gasteiger partial charge in [-0.05, 0) is 43.9 Å². The predicted molar refractivity (Wildman–Crippen MR) is 73.3 cm³/mol. The Bertz CT molecular complexity index is 515. The van der Waals surface area contributed by atoms with Crippen LogP contribution in [0.1, 0.15) is 24.8 Å². The van der Waals surface area contributed by atoms with Crippen LogP contribution in [0.3, 0.4) is 0 Å². The number of halogens is 1. The van der Waals surface area contributed by atoms with Crippen molar-refractivity contribution in [3.8, 4) is 0 Å². The van der Waals surface area contributed by atoms with Crippen molar-refractivity contribution in [2.24, 2.45) is 11.8 Å². The molecule has 0 radical (unpaired) electrons. The minimum absolute atomic E-state index is 0.142. The van der Waals surface area contributed by atoms with Gasteiger partial charge in [0, 0.05) is 5.92 Å². The van der Waals surface area contributed by atoms with Gasteiger partial charge in [0.15, 0.2) is 0 Å². The third-order valence-electron chi connectivity index (χ3n) is 3.53. The number of aliphatic carboxylic acids is 1. The number of hydrogen-bond acceptors (Lipinski definition) is 2. The fourth-order valence-electron chi connectivity index (χ4n) is 2.41. The first-order valence-electron chi connectivity index (χ1n) is 6.27. The van der Waals surface area contributed by atoms with E-state index in [-0.39, 0.29) is 11.8 Å². The lowest BCUT2D eigenvalue weighted by molar-refractivity contribution is -0.141. The average molecular weight is 282 g/mol. The fraction of sp³-hybridized carbons (Fsp3) is 0.429. The number of rotatable bonds is 3. The van der Waals surface area contributed by atoms with Crippen LogP contribution >= 0.6 is 11.6 Å². The van der Waals surface area contributed by atoms with Crippen molar-refractivity contribution in [2.45, 2.75) is 26.2 Å². The lowest BCUT2D eigenvalue weighted by Gasteiger charge is -2.12. The van der Waals surface area contributed by atoms with Crippen molar-refractivity contribution in [1.82, 2.24) is 0 Å². The lowest BCUT2D eigenvalue weighted by Crippen LogP contribution is -2.21. The molecule has 1 aromatic carbocycles. The molecule has 2 rings (SSSR count). The molecule has 0 aromatic heterocycles. The number of carboxylic acids is 1. The summed E-state index contributed by atoms with van der Waals surface area (Å²) in [5.41, 5.74) is 1.60. The molecule has 0 heterocycles. The summed E-state index contributed by atoms with van der Waals surface area (Å²) in [6, 6.07) is 5.42. The van der Waals surface area contributed by atoms with Crippen LogP contribution in [0.25, 0.3) is 0 Å². The van der Waals surface area contributed by atoms with Gasteiger partial charge < -0.3 is 10.4 Å². The Hall–Kier alpha value is -1.55. The van der Waals surface area contributed by atoms with Gasteiger partial charge >= 0.3 is 5.97 Å². The van der Waals surface area contributed by atoms with Gasteiger partial charge in [0.25, 0.3) is 0 Å². The zero-order valence-corrected chi connectivity index (χ0v) is 11.4. The second-order valence-corrected chi connectivity index (χ2v) is 5.42. The van der Waals surface area contributed by atoms with Gasteiger partial charge in [-0.25, -0.2) is 0 Å². The molecule has 2 N–H and O–H groups in total. The number of carbonyl (C=O) groups is 2. The largest absolute Gasteiger partial charge is 0.481 e. The lowest BCUT2D eigenvalue weighted by atomic mass is 10.0. The Labute approximate surface area is 116 Å². The first-order valence-corrected chi connectivity index (χ1v) is 6.65. The zero-order valence-electron chi connectivity index (χ0n) is 10.6. The number of carboxylic acid groups (broad SMARTS) is 1. The van der Waals surface area contributed by atoms with E-state index >= 15 is 0 Å². The van der Waals surface area contributed by atoms with Crippen LogP contribution in [0.4, 0.5) is 5.69 Å². The zero-order chi connectivity index (χ0) is 14.0. The first kappa shape index (κ1) is 13.9. The topological polar surface area (TPSA) is 66.4 Å². The second kappa shape index (κ2) is 5.61. The molecule has 19 heavy (non-hydrogen) atoms. The fourth-order valence-corrected chi connectivity index (χ4v) is 2.58. The molecule has 1 fully saturated rings. The van der Waals surface area contributed by atoms with Crippen molar-refractivity contribution in [2.75, 3.05) is 5.32 Å². The van der Waals surface area contributed by atoms with E-state index in [1.165, 1.54) is 0 Å². The van der Waals surface area contributed by atoms with Gasteiger partial charge in [0.05, 0.1) is 16.6 Å². The molecule has 1 amide bonds. The standard InChI is InChI=1S/C14H16ClNO3/c1-8-2-5-11(15)12(6-8)16-13(17)9-3-4-10(7-9)14(18)19/h2,5-6,9-10H,3-4,7H2,1H3,(H,16,17)(H,18,19). The molecule has 0 saturated heterocycles. The van der Waals surface area contributed by atoms with Gasteiger partial charge in [0.2, 0.25) is 5.91 Å². The summed E-state index contributed by atoms with van der Waals surface area (Å²) < 4.78 is 0. The van der Waals surface area contributed by atoms with Crippen LogP contribution in [-0.2, 0) is 9.59 Å². The average Bonchev–Trinajstić information content (AvgIpc) is 2.83. The van der Waals surface area contributed by atoms with E-state index < -0.39 is 11.9 Å². The summed E-state index contributed by atoms with van der Waals surface area (Å²) >= 11 is 6.02. The quantitative estimate of drug-likeness (QED) is 0.895. The van der Waals surface area contributed by atoms with Gasteiger partial charge in [-0.2, -0.15) is 0 Å². The number of aryl methyl sites for hydroxylation is 1. The Kier molecular flexibility index (Phi) is 4.10. The van der Waals surface area contributed by atoms with Crippen LogP contribution in [0.5, 0.6) is 0 Å². The molecule has 1 saturated carbocycles. The third-order valence-corrected chi connectivity index (χ3v) is 3.86. The van der Waals surface area contributed by atoms with Crippen LogP contribution in [0.2, 0.25) is 5.02 Å². The summed E-state index contributed by atoms with van der Waals surface area (Å²) in [4.78, 5) is 23.0. The van der Waals surface area contributed by atoms with Gasteiger partial charge in [-0.3, -0.25) is 9.59 Å². The molecule has 1 aliphatic carbocycles. The number of amides is 1. The summed E-state index contributed by atoms with van der Waals surface area (Å²) in [7, 11) is 0. The first-order chi connectivity index (χ1) is 8.97. The molecular formula is C14H16ClNO3. The normalized spacial score (nSPS) is 22.2. The number of anilines is 1. The molecule has 1 aromatic rings. The highest BCUT2D eigenvalue weighted by atomic mass is 35.5. The smallest absolute Gasteiger partial charge is 0.306 e. The molecule has 2 atom stereocenters. The molecule has 0 bridgehead atoms. The van der Waals surface area contributed by atoms with E-state index in [0.29, 0.717) is 30.0 Å². The van der Waals surface area contributed by atoms with Crippen LogP contribution in [-0.4, -0.2) is 17.0 Å². The predicted octanol–water partition coefficient (Wildman–Crippen LogP) is 3.09. The number of hydrogen-bond donors (Lipinski definition) is 2. The third kappa shape index (κ3) is 3.26. The maximum Gasteiger partial charge on any atom is 0.306 e. The van der Waals surface area contributed by atoms with E-state index in [2.05, 4.69) is 5.32 Å². The van der Waals surface area contributed by atoms with Gasteiger partial charge in [0.1, 0.15) is 0 Å². The summed E-state index contributed by atoms with van der Waals surface area (Å²) in [6.07, 6.45) is 1.59. The van der Waals surface area contributed by atoms with E-state index in [4.69, 9.17) is 16.7 Å². The minimum atomic E-state index is -0.816. The summed E-state index contributed by atoms with van der Waals surface area (Å²) in [6.45, 7) is 1.92. The molecule has 2 unspecified atom stereocenters. The van der Waals surface area contributed by atoms with Crippen LogP contribution in [0.15, 0.2) is 18.2 Å². The molecular weight excluding hydrogens is 266 g/mol. The van der Waals surface area contributed by atoms with Crippen molar-refractivity contribution < 1.29 is 14.7 Å². The Morgan fingerprint density at radius 3 is 2.63 bits per heavy atom. The number of nitrogens with one attached hydrogen (secondary N) is 1. The van der Waals surface area contributed by atoms with Crippen LogP contribution < -0.4 is 5.32 Å². The Balaban J connectivity index is 2.02. The van der Waals surface area contributed by atoms with Crippen LogP contribution in [0, 0.1) is 18.8 Å². The van der Waals surface area contributed by atoms with Crippen molar-refractivity contribution >= 4 is 29.2 Å². The molecule has 0 aliphatic heterocycles. The van der Waals surface area contributed by atoms with E-state index in [0.717, 1.165) is 5.56 Å². The maximum atomic E-state index is 12.1. The Morgan fingerprint density at radius 1 is 1.32 bits per heavy atom. The molecule has 5 heteroatoms. The molecule has 102 valence electrons. The van der Waals surface area contributed by atoms with E-state index in [1.54, 1.807) is 6.07 Å². The number of carbonyl (C=O) groups excluding carboxylic acids is 1. The SMILES string of the molecule is Cc1ccc(Cl)c(NC(=O)C2CCC(C(=O)O)C2)c1. The molecule has 0 spiro atoms. The Morgan fingerprint density at radius 2 is 2.00 bits per heavy atom. The monoisotopic (exact) mass is 281 g/mol. The molecule has 4 nitrogen and oxygen atoms in total. The van der Waals surface area contributed by atoms with Crippen molar-refractivity contribution in [3.05, 3.63) is 28.8 Å². The highest BCUT2D eigenvalue weighted by molar-refractivity contribution is 6.33. The summed E-state index contributed by atoms with van der Waals surface area (Å²) in [5.74, 6) is -1.60. The highest BCUT2D eigenvalue weighted by Gasteiger charge is 2.33. The minimum Gasteiger partial charge on any atom is -0.481 e. The second-order valence-electron chi connectivity index (χ2n) is 5.02. The highest BCUT2D eigenvalue weighted by Crippen LogP contribution is 2.32. The van der Waals surface area contributed by atoms with E-state index in [1.807, 2.05) is 19.1 Å². The van der Waals surface area contributed by atoms with Crippen molar-refractivity contribution in [3.63, 3.8) is 0 Å². The number of benzene rings is 1. The molecule has 1 aliphatic rings. The van der Waals surface area contributed by atoms with Crippen molar-refractivity contribution in [1.29, 1.82) is 0 Å². The van der Waals surface area contributed by atoms with Gasteiger partial charge in [-0.15, -0.1) is 0 Å².